The molecule has 0 aromatic heterocycles. The highest BCUT2D eigenvalue weighted by atomic mass is 35.5. The molecule has 0 aliphatic carbocycles. The lowest BCUT2D eigenvalue weighted by Crippen LogP contribution is -2.22. The van der Waals surface area contributed by atoms with Crippen LogP contribution in [-0.2, 0) is 17.6 Å². The zero-order chi connectivity index (χ0) is 87.5. The molecule has 3 atom stereocenters. The van der Waals surface area contributed by atoms with E-state index in [4.69, 9.17) is 179 Å². The predicted octanol–water partition coefficient (Wildman–Crippen LogP) is 39.0. The largest absolute Gasteiger partial charge is 0.384 e. The van der Waals surface area contributed by atoms with Gasteiger partial charge in [-0.1, -0.05) is 374 Å². The minimum atomic E-state index is -0.409. The molecule has 0 aliphatic rings. The number of halogens is 16. The first-order valence-electron chi connectivity index (χ1n) is 38.0. The molecular formula is C94H126Cl15FO2. The number of Topliss-reactive ketones (excluding diaryl/α,β-unsaturated/α-hetero) is 1. The van der Waals surface area contributed by atoms with Gasteiger partial charge in [0.1, 0.15) is 5.82 Å². The number of hydrogen-bond donors (Lipinski definition) is 0. The van der Waals surface area contributed by atoms with Crippen molar-refractivity contribution in [2.24, 2.45) is 32.5 Å². The molecule has 0 heterocycles. The Balaban J connectivity index is 0. The van der Waals surface area contributed by atoms with E-state index in [1.54, 1.807) is 67.8 Å². The van der Waals surface area contributed by atoms with Gasteiger partial charge in [-0.25, -0.2) is 4.39 Å². The number of ether oxygens (including phenoxy) is 1. The molecule has 112 heavy (non-hydrogen) atoms. The Kier molecular flexibility index (Phi) is 53.2. The third-order valence-electron chi connectivity index (χ3n) is 16.4. The number of benzene rings is 8. The maximum absolute atomic E-state index is 13.0. The molecule has 0 amide bonds. The zero-order valence-corrected chi connectivity index (χ0v) is 83.0. The van der Waals surface area contributed by atoms with Gasteiger partial charge in [0.05, 0.1) is 11.6 Å². The van der Waals surface area contributed by atoms with E-state index in [2.05, 4.69) is 145 Å². The number of hydrogen-bond acceptors (Lipinski definition) is 2. The Morgan fingerprint density at radius 2 is 0.562 bits per heavy atom. The first kappa shape index (κ1) is 112. The van der Waals surface area contributed by atoms with E-state index in [1.165, 1.54) is 33.9 Å². The summed E-state index contributed by atoms with van der Waals surface area (Å²) in [4.78, 5) is 11.9. The second-order valence-electron chi connectivity index (χ2n) is 34.1. The lowest BCUT2D eigenvalue weighted by molar-refractivity contribution is 0.0858. The molecule has 626 valence electrons. The fraction of sp³-hybridized carbons (Fsp3) is 0.479. The standard InChI is InChI=1S/C13H18Cl2O.2C13H18Cl2.C11H12Cl2O.C11H14Cl2.C11H14ClF.2C9H10Cl2.2C2H6/c1-13(2,3)12(8-16-4)9-5-10(14)7-11(15)6-9;2*1-5-12(13(2,3)4)9-6-10(14)8-11(15)7-9;1-11(2,3)10(14)7-4-8(12)6-9(13)5-7;1-11(2,3)7-8-4-9(12)6-10(13)5-8;1-11(2,3)7-8-4-5-9(12)10(13)6-8;2*1-6(2)7-3-8(10)5-9(11)4-7;2*1-2/h5-7,12H,8H2,1-4H3;2*6-8,12H,5H2,1-4H3;4-6H,1-3H3;2*4-6H,7H2,1-3H3;2*3-6H,1-2H3;2*1-2H3. The van der Waals surface area contributed by atoms with Crippen LogP contribution in [0, 0.1) is 38.3 Å². The lowest BCUT2D eigenvalue weighted by Gasteiger charge is -2.30. The Hall–Kier alpha value is -2.33. The van der Waals surface area contributed by atoms with Crippen molar-refractivity contribution in [2.45, 2.75) is 249 Å². The molecule has 8 aromatic rings. The normalized spacial score (nSPS) is 12.1. The molecule has 0 fully saturated rings. The number of carbonyl (C=O) groups excluding carboxylic acids is 1. The highest BCUT2D eigenvalue weighted by Crippen LogP contribution is 2.42. The van der Waals surface area contributed by atoms with Crippen LogP contribution in [0.25, 0.3) is 0 Å². The predicted molar refractivity (Wildman–Crippen MR) is 507 cm³/mol. The summed E-state index contributed by atoms with van der Waals surface area (Å²) < 4.78 is 18.3. The van der Waals surface area contributed by atoms with Crippen molar-refractivity contribution in [1.82, 2.24) is 0 Å². The molecule has 8 aromatic carbocycles. The Labute approximate surface area is 753 Å². The van der Waals surface area contributed by atoms with E-state index < -0.39 is 5.41 Å². The van der Waals surface area contributed by atoms with Gasteiger partial charge in [-0.05, 0) is 255 Å². The summed E-state index contributed by atoms with van der Waals surface area (Å²) in [7, 11) is 1.71. The van der Waals surface area contributed by atoms with Crippen LogP contribution in [0.4, 0.5) is 4.39 Å². The van der Waals surface area contributed by atoms with Crippen molar-refractivity contribution in [1.29, 1.82) is 0 Å². The summed E-state index contributed by atoms with van der Waals surface area (Å²) in [6.07, 6.45) is 4.05. The molecule has 0 spiro atoms. The van der Waals surface area contributed by atoms with Crippen LogP contribution < -0.4 is 0 Å². The molecule has 0 saturated carbocycles. The van der Waals surface area contributed by atoms with E-state index in [0.717, 1.165) is 56.9 Å². The van der Waals surface area contributed by atoms with Crippen molar-refractivity contribution >= 4 is 180 Å². The smallest absolute Gasteiger partial charge is 0.168 e. The summed E-state index contributed by atoms with van der Waals surface area (Å²) >= 11 is 88.3. The van der Waals surface area contributed by atoms with Gasteiger partial charge in [-0.2, -0.15) is 0 Å². The van der Waals surface area contributed by atoms with Crippen molar-refractivity contribution in [3.8, 4) is 0 Å². The third kappa shape index (κ3) is 48.1. The topological polar surface area (TPSA) is 26.3 Å². The average Bonchev–Trinajstić information content (AvgIpc) is 0.831. The first-order valence-corrected chi connectivity index (χ1v) is 43.6. The van der Waals surface area contributed by atoms with Crippen molar-refractivity contribution in [3.63, 3.8) is 0 Å². The highest BCUT2D eigenvalue weighted by molar-refractivity contribution is 6.38. The maximum atomic E-state index is 13.0. The minimum absolute atomic E-state index is 0.0434. The van der Waals surface area contributed by atoms with Crippen LogP contribution in [0.15, 0.2) is 146 Å². The highest BCUT2D eigenvalue weighted by Gasteiger charge is 2.29. The third-order valence-corrected chi connectivity index (χ3v) is 19.8. The average molecular weight is 1840 g/mol. The molecule has 18 heteroatoms. The molecule has 3 unspecified atom stereocenters. The van der Waals surface area contributed by atoms with E-state index in [9.17, 15) is 9.18 Å². The zero-order valence-electron chi connectivity index (χ0n) is 71.6. The summed E-state index contributed by atoms with van der Waals surface area (Å²) in [5.74, 6) is 1.94. The number of ketones is 1. The number of methoxy groups -OCH3 is 1. The second-order valence-corrected chi connectivity index (χ2v) is 40.6. The van der Waals surface area contributed by atoms with E-state index in [0.29, 0.717) is 86.1 Å². The van der Waals surface area contributed by atoms with Gasteiger partial charge in [0.15, 0.2) is 5.78 Å². The van der Waals surface area contributed by atoms with Crippen LogP contribution in [0.5, 0.6) is 0 Å². The van der Waals surface area contributed by atoms with Crippen LogP contribution in [0.3, 0.4) is 0 Å². The van der Waals surface area contributed by atoms with Crippen LogP contribution >= 0.6 is 174 Å². The van der Waals surface area contributed by atoms with Crippen molar-refractivity contribution in [2.75, 3.05) is 13.7 Å². The van der Waals surface area contributed by atoms with Gasteiger partial charge < -0.3 is 4.74 Å². The molecule has 0 N–H and O–H groups in total. The molecule has 0 saturated heterocycles. The molecule has 0 aliphatic heterocycles. The Morgan fingerprint density at radius 3 is 0.777 bits per heavy atom. The van der Waals surface area contributed by atoms with Gasteiger partial charge in [-0.15, -0.1) is 0 Å². The fourth-order valence-electron chi connectivity index (χ4n) is 11.6. The molecule has 2 nitrogen and oxygen atoms in total. The molecule has 8 rings (SSSR count). The van der Waals surface area contributed by atoms with Crippen LogP contribution in [0.2, 0.25) is 75.3 Å². The van der Waals surface area contributed by atoms with Gasteiger partial charge in [-0.3, -0.25) is 4.79 Å². The summed E-state index contributed by atoms with van der Waals surface area (Å²) in [6, 6.07) is 44.2. The summed E-state index contributed by atoms with van der Waals surface area (Å²) in [6.45, 7) is 60.1. The summed E-state index contributed by atoms with van der Waals surface area (Å²) in [5, 5.41) is 9.68. The summed E-state index contributed by atoms with van der Waals surface area (Å²) in [5.41, 5.74) is 9.37. The van der Waals surface area contributed by atoms with Crippen LogP contribution in [0.1, 0.15) is 286 Å². The van der Waals surface area contributed by atoms with E-state index in [1.807, 2.05) is 127 Å². The lowest BCUT2D eigenvalue weighted by atomic mass is 9.75. The van der Waals surface area contributed by atoms with Gasteiger partial charge in [0.25, 0.3) is 0 Å². The van der Waals surface area contributed by atoms with Gasteiger partial charge >= 0.3 is 0 Å². The second kappa shape index (κ2) is 53.3. The SMILES string of the molecule is CC.CC.CC(C)(C)C(=O)c1cc(Cl)cc(Cl)c1.CC(C)(C)Cc1cc(Cl)cc(Cl)c1.CC(C)(C)Cc1ccc(Cl)c(F)c1.CC(C)c1cc(Cl)cc(Cl)c1.CC(C)c1cc(Cl)cc(Cl)c1.CCC(c1cc(Cl)cc(Cl)c1)C(C)(C)C.CCC(c1cc(Cl)cc(Cl)c1)C(C)(C)C.COCC(c1cc(Cl)cc(Cl)c1)C(C)(C)C. The molecular weight excluding hydrogens is 1710 g/mol. The van der Waals surface area contributed by atoms with E-state index >= 15 is 0 Å². The fourth-order valence-corrected chi connectivity index (χ4v) is 15.5. The monoisotopic (exact) mass is 1830 g/mol. The van der Waals surface area contributed by atoms with Crippen LogP contribution in [-0.4, -0.2) is 19.5 Å². The molecule has 0 bridgehead atoms. The minimum Gasteiger partial charge on any atom is -0.384 e. The maximum Gasteiger partial charge on any atom is 0.168 e. The molecule has 0 radical (unpaired) electrons. The van der Waals surface area contributed by atoms with Crippen molar-refractivity contribution < 1.29 is 13.9 Å². The number of carbonyl (C=O) groups is 1. The van der Waals surface area contributed by atoms with Crippen molar-refractivity contribution in [3.05, 3.63) is 271 Å². The Morgan fingerprint density at radius 1 is 0.330 bits per heavy atom. The van der Waals surface area contributed by atoms with Gasteiger partial charge in [0.2, 0.25) is 0 Å². The van der Waals surface area contributed by atoms with E-state index in [-0.39, 0.29) is 49.6 Å². The quantitative estimate of drug-likeness (QED) is 0.114. The first-order chi connectivity index (χ1) is 51.3. The van der Waals surface area contributed by atoms with Gasteiger partial charge in [0, 0.05) is 94.3 Å². The number of rotatable bonds is 12. The Bertz CT molecular complexity index is 3800.